The average molecular weight is 228 g/mol. The van der Waals surface area contributed by atoms with Crippen molar-refractivity contribution in [2.75, 3.05) is 26.7 Å². The molecule has 0 saturated carbocycles. The molecule has 3 nitrogen and oxygen atoms in total. The monoisotopic (exact) mass is 228 g/mol. The summed E-state index contributed by atoms with van der Waals surface area (Å²) in [5.41, 5.74) is 0. The smallest absolute Gasteiger partial charge is 0.0431 e. The molecule has 2 N–H and O–H groups in total. The van der Waals surface area contributed by atoms with E-state index in [0.717, 1.165) is 25.0 Å². The van der Waals surface area contributed by atoms with Crippen molar-refractivity contribution >= 4 is 0 Å². The van der Waals surface area contributed by atoms with E-state index in [1.807, 2.05) is 0 Å². The third-order valence-corrected chi connectivity index (χ3v) is 3.73. The lowest BCUT2D eigenvalue weighted by molar-refractivity contribution is 0.168. The van der Waals surface area contributed by atoms with Crippen LogP contribution in [0, 0.1) is 0 Å². The molecule has 1 rings (SSSR count). The molecule has 1 fully saturated rings. The van der Waals surface area contributed by atoms with Gasteiger partial charge in [-0.1, -0.05) is 12.8 Å². The molecule has 1 aliphatic heterocycles. The van der Waals surface area contributed by atoms with Gasteiger partial charge in [0.05, 0.1) is 0 Å². The second-order valence-corrected chi connectivity index (χ2v) is 5.14. The largest absolute Gasteiger partial charge is 0.396 e. The summed E-state index contributed by atoms with van der Waals surface area (Å²) >= 11 is 0. The van der Waals surface area contributed by atoms with Crippen LogP contribution in [0.1, 0.15) is 45.4 Å². The van der Waals surface area contributed by atoms with Crippen molar-refractivity contribution in [3.05, 3.63) is 0 Å². The van der Waals surface area contributed by atoms with Crippen LogP contribution in [0.5, 0.6) is 0 Å². The summed E-state index contributed by atoms with van der Waals surface area (Å²) in [7, 11) is 2.22. The highest BCUT2D eigenvalue weighted by Crippen LogP contribution is 2.15. The summed E-state index contributed by atoms with van der Waals surface area (Å²) in [6.45, 7) is 5.03. The van der Waals surface area contributed by atoms with Crippen molar-refractivity contribution in [2.24, 2.45) is 0 Å². The SMILES string of the molecule is CC1CC(NCCCCCCO)CCN1C. The summed E-state index contributed by atoms with van der Waals surface area (Å²) in [6, 6.07) is 1.45. The van der Waals surface area contributed by atoms with Gasteiger partial charge in [-0.3, -0.25) is 0 Å². The Hall–Kier alpha value is -0.120. The average Bonchev–Trinajstić information content (AvgIpc) is 2.28. The highest BCUT2D eigenvalue weighted by Gasteiger charge is 2.21. The fourth-order valence-corrected chi connectivity index (χ4v) is 2.37. The highest BCUT2D eigenvalue weighted by atomic mass is 16.2. The topological polar surface area (TPSA) is 35.5 Å². The van der Waals surface area contributed by atoms with Gasteiger partial charge in [0, 0.05) is 18.7 Å². The van der Waals surface area contributed by atoms with Gasteiger partial charge in [0.25, 0.3) is 0 Å². The van der Waals surface area contributed by atoms with Crippen LogP contribution in [0.15, 0.2) is 0 Å². The molecule has 3 heteroatoms. The Morgan fingerprint density at radius 1 is 1.25 bits per heavy atom. The molecule has 2 atom stereocenters. The Bertz CT molecular complexity index is 175. The number of nitrogens with zero attached hydrogens (tertiary/aromatic N) is 1. The molecule has 1 aliphatic rings. The van der Waals surface area contributed by atoms with Gasteiger partial charge in [-0.15, -0.1) is 0 Å². The lowest BCUT2D eigenvalue weighted by Crippen LogP contribution is -2.45. The van der Waals surface area contributed by atoms with Crippen LogP contribution in [-0.2, 0) is 0 Å². The minimum absolute atomic E-state index is 0.347. The quantitative estimate of drug-likeness (QED) is 0.650. The third kappa shape index (κ3) is 5.28. The van der Waals surface area contributed by atoms with Gasteiger partial charge in [-0.25, -0.2) is 0 Å². The Balaban J connectivity index is 1.97. The lowest BCUT2D eigenvalue weighted by atomic mass is 9.99. The first-order chi connectivity index (χ1) is 7.74. The van der Waals surface area contributed by atoms with E-state index in [1.165, 1.54) is 38.6 Å². The fraction of sp³-hybridized carbons (Fsp3) is 1.00. The molecule has 0 aliphatic carbocycles. The number of unbranched alkanes of at least 4 members (excludes halogenated alkanes) is 3. The molecule has 0 aromatic rings. The molecule has 1 saturated heterocycles. The van der Waals surface area contributed by atoms with Crippen molar-refractivity contribution in [3.63, 3.8) is 0 Å². The first-order valence-electron chi connectivity index (χ1n) is 6.78. The molecular weight excluding hydrogens is 200 g/mol. The summed E-state index contributed by atoms with van der Waals surface area (Å²) in [6.07, 6.45) is 7.20. The molecule has 0 aromatic carbocycles. The van der Waals surface area contributed by atoms with Crippen molar-refractivity contribution in [1.82, 2.24) is 10.2 Å². The normalized spacial score (nSPS) is 27.2. The van der Waals surface area contributed by atoms with Crippen LogP contribution in [-0.4, -0.2) is 48.8 Å². The Morgan fingerprint density at radius 3 is 2.69 bits per heavy atom. The Morgan fingerprint density at radius 2 is 2.00 bits per heavy atom. The summed E-state index contributed by atoms with van der Waals surface area (Å²) in [4.78, 5) is 2.44. The van der Waals surface area contributed by atoms with Gasteiger partial charge in [-0.2, -0.15) is 0 Å². The van der Waals surface area contributed by atoms with Crippen LogP contribution in [0.3, 0.4) is 0 Å². The van der Waals surface area contributed by atoms with E-state index in [4.69, 9.17) is 5.11 Å². The maximum atomic E-state index is 8.66. The summed E-state index contributed by atoms with van der Waals surface area (Å²) in [5, 5.41) is 12.3. The number of nitrogens with one attached hydrogen (secondary N) is 1. The Labute approximate surface area is 100 Å². The molecule has 0 bridgehead atoms. The molecule has 16 heavy (non-hydrogen) atoms. The van der Waals surface area contributed by atoms with Gasteiger partial charge in [-0.05, 0) is 52.7 Å². The minimum atomic E-state index is 0.347. The number of hydrogen-bond acceptors (Lipinski definition) is 3. The van der Waals surface area contributed by atoms with E-state index in [1.54, 1.807) is 0 Å². The molecule has 96 valence electrons. The molecule has 1 heterocycles. The van der Waals surface area contributed by atoms with E-state index >= 15 is 0 Å². The van der Waals surface area contributed by atoms with Crippen molar-refractivity contribution in [2.45, 2.75) is 57.5 Å². The van der Waals surface area contributed by atoms with Gasteiger partial charge in [0.2, 0.25) is 0 Å². The van der Waals surface area contributed by atoms with Crippen LogP contribution in [0.2, 0.25) is 0 Å². The number of aliphatic hydroxyl groups is 1. The zero-order valence-corrected chi connectivity index (χ0v) is 10.9. The molecular formula is C13H28N2O. The van der Waals surface area contributed by atoms with Crippen molar-refractivity contribution in [3.8, 4) is 0 Å². The number of aliphatic hydroxyl groups excluding tert-OH is 1. The zero-order chi connectivity index (χ0) is 11.8. The molecule has 0 amide bonds. The second kappa shape index (κ2) is 8.04. The first kappa shape index (κ1) is 13.9. The van der Waals surface area contributed by atoms with E-state index < -0.39 is 0 Å². The maximum Gasteiger partial charge on any atom is 0.0431 e. The van der Waals surface area contributed by atoms with Crippen LogP contribution in [0.25, 0.3) is 0 Å². The number of hydrogen-bond donors (Lipinski definition) is 2. The fourth-order valence-electron chi connectivity index (χ4n) is 2.37. The number of rotatable bonds is 7. The Kier molecular flexibility index (Phi) is 7.01. The standard InChI is InChI=1S/C13H28N2O/c1-12-11-13(7-9-15(12)2)14-8-5-3-4-6-10-16/h12-14,16H,3-11H2,1-2H3. The third-order valence-electron chi connectivity index (χ3n) is 3.73. The number of piperidine rings is 1. The van der Waals surface area contributed by atoms with Crippen molar-refractivity contribution < 1.29 is 5.11 Å². The van der Waals surface area contributed by atoms with Crippen LogP contribution < -0.4 is 5.32 Å². The van der Waals surface area contributed by atoms with E-state index in [-0.39, 0.29) is 0 Å². The summed E-state index contributed by atoms with van der Waals surface area (Å²) in [5.74, 6) is 0. The van der Waals surface area contributed by atoms with Gasteiger partial charge in [0.15, 0.2) is 0 Å². The molecule has 0 spiro atoms. The predicted octanol–water partition coefficient (Wildman–Crippen LogP) is 1.61. The van der Waals surface area contributed by atoms with Crippen LogP contribution >= 0.6 is 0 Å². The first-order valence-corrected chi connectivity index (χ1v) is 6.78. The van der Waals surface area contributed by atoms with Crippen LogP contribution in [0.4, 0.5) is 0 Å². The molecule has 0 aromatic heterocycles. The van der Waals surface area contributed by atoms with E-state index in [0.29, 0.717) is 6.61 Å². The van der Waals surface area contributed by atoms with Gasteiger partial charge >= 0.3 is 0 Å². The van der Waals surface area contributed by atoms with E-state index in [9.17, 15) is 0 Å². The van der Waals surface area contributed by atoms with Gasteiger partial charge < -0.3 is 15.3 Å². The highest BCUT2D eigenvalue weighted by molar-refractivity contribution is 4.80. The predicted molar refractivity (Wildman–Crippen MR) is 68.7 cm³/mol. The lowest BCUT2D eigenvalue weighted by Gasteiger charge is -2.35. The van der Waals surface area contributed by atoms with Gasteiger partial charge in [0.1, 0.15) is 0 Å². The van der Waals surface area contributed by atoms with Crippen molar-refractivity contribution in [1.29, 1.82) is 0 Å². The summed E-state index contributed by atoms with van der Waals surface area (Å²) < 4.78 is 0. The maximum absolute atomic E-state index is 8.66. The molecule has 0 radical (unpaired) electrons. The number of likely N-dealkylation sites (tertiary alicyclic amines) is 1. The minimum Gasteiger partial charge on any atom is -0.396 e. The zero-order valence-electron chi connectivity index (χ0n) is 10.9. The second-order valence-electron chi connectivity index (χ2n) is 5.14. The molecule has 2 unspecified atom stereocenters. The van der Waals surface area contributed by atoms with E-state index in [2.05, 4.69) is 24.2 Å².